The van der Waals surface area contributed by atoms with Crippen LogP contribution in [-0.4, -0.2) is 35.1 Å². The maximum absolute atomic E-state index is 6.05. The molecule has 0 bridgehead atoms. The van der Waals surface area contributed by atoms with Gasteiger partial charge in [-0.2, -0.15) is 0 Å². The number of likely N-dealkylation sites (tertiary alicyclic amines) is 1. The summed E-state index contributed by atoms with van der Waals surface area (Å²) in [5, 5.41) is 3.77. The summed E-state index contributed by atoms with van der Waals surface area (Å²) in [4.78, 5) is 7.01. The van der Waals surface area contributed by atoms with E-state index in [-0.39, 0.29) is 0 Å². The highest BCUT2D eigenvalue weighted by Gasteiger charge is 2.31. The number of hydrogen-bond acceptors (Lipinski definition) is 4. The molecule has 4 rings (SSSR count). The number of nitrogens with one attached hydrogen (secondary N) is 1. The van der Waals surface area contributed by atoms with Crippen LogP contribution in [-0.2, 0) is 13.2 Å². The second-order valence-corrected chi connectivity index (χ2v) is 8.09. The zero-order valence-corrected chi connectivity index (χ0v) is 16.6. The van der Waals surface area contributed by atoms with Crippen molar-refractivity contribution < 1.29 is 4.74 Å². The van der Waals surface area contributed by atoms with E-state index in [1.165, 1.54) is 55.5 Å². The van der Waals surface area contributed by atoms with Gasteiger partial charge in [0.05, 0.1) is 5.69 Å². The molecule has 2 aromatic rings. The SMILES string of the molecule is Cc1cc(CNC2CCN(C3CC3)CC2)cc(C)c1OCc1ccccn1. The van der Waals surface area contributed by atoms with Gasteiger partial charge in [-0.15, -0.1) is 0 Å². The zero-order valence-electron chi connectivity index (χ0n) is 16.6. The molecule has 0 spiro atoms. The van der Waals surface area contributed by atoms with Crippen molar-refractivity contribution in [2.24, 2.45) is 0 Å². The molecule has 4 nitrogen and oxygen atoms in total. The third-order valence-corrected chi connectivity index (χ3v) is 5.80. The third kappa shape index (κ3) is 4.88. The maximum atomic E-state index is 6.05. The highest BCUT2D eigenvalue weighted by Crippen LogP contribution is 2.29. The largest absolute Gasteiger partial charge is 0.487 e. The fourth-order valence-electron chi connectivity index (χ4n) is 4.17. The Balaban J connectivity index is 1.30. The molecule has 1 aromatic heterocycles. The molecule has 4 heteroatoms. The average Bonchev–Trinajstić information content (AvgIpc) is 3.52. The smallest absolute Gasteiger partial charge is 0.130 e. The molecule has 1 aliphatic carbocycles. The minimum atomic E-state index is 0.514. The van der Waals surface area contributed by atoms with E-state index in [4.69, 9.17) is 4.74 Å². The number of aryl methyl sites for hydroxylation is 2. The molecule has 1 saturated carbocycles. The van der Waals surface area contributed by atoms with Gasteiger partial charge in [-0.05, 0) is 81.4 Å². The Morgan fingerprint density at radius 2 is 1.81 bits per heavy atom. The van der Waals surface area contributed by atoms with Crippen LogP contribution in [0.25, 0.3) is 0 Å². The summed E-state index contributed by atoms with van der Waals surface area (Å²) in [7, 11) is 0. The van der Waals surface area contributed by atoms with E-state index in [0.29, 0.717) is 12.6 Å². The zero-order chi connectivity index (χ0) is 18.6. The summed E-state index contributed by atoms with van der Waals surface area (Å²) in [6, 6.07) is 12.0. The lowest BCUT2D eigenvalue weighted by molar-refractivity contribution is 0.189. The van der Waals surface area contributed by atoms with E-state index in [2.05, 4.69) is 41.2 Å². The van der Waals surface area contributed by atoms with Crippen LogP contribution in [0.2, 0.25) is 0 Å². The van der Waals surface area contributed by atoms with E-state index in [1.54, 1.807) is 0 Å². The van der Waals surface area contributed by atoms with Crippen molar-refractivity contribution in [2.75, 3.05) is 13.1 Å². The number of rotatable bonds is 7. The first-order valence-corrected chi connectivity index (χ1v) is 10.3. The number of hydrogen-bond donors (Lipinski definition) is 1. The molecule has 0 radical (unpaired) electrons. The van der Waals surface area contributed by atoms with Gasteiger partial charge in [0.1, 0.15) is 12.4 Å². The molecular formula is C23H31N3O. The molecule has 2 aliphatic rings. The van der Waals surface area contributed by atoms with Gasteiger partial charge in [0.2, 0.25) is 0 Å². The first kappa shape index (κ1) is 18.5. The third-order valence-electron chi connectivity index (χ3n) is 5.80. The van der Waals surface area contributed by atoms with Crippen molar-refractivity contribution in [1.82, 2.24) is 15.2 Å². The van der Waals surface area contributed by atoms with E-state index < -0.39 is 0 Å². The minimum absolute atomic E-state index is 0.514. The van der Waals surface area contributed by atoms with Crippen molar-refractivity contribution in [2.45, 2.75) is 64.8 Å². The Morgan fingerprint density at radius 1 is 1.07 bits per heavy atom. The van der Waals surface area contributed by atoms with E-state index in [9.17, 15) is 0 Å². The number of nitrogens with zero attached hydrogens (tertiary/aromatic N) is 2. The maximum Gasteiger partial charge on any atom is 0.130 e. The number of aromatic nitrogens is 1. The molecule has 0 atom stereocenters. The number of ether oxygens (including phenoxy) is 1. The highest BCUT2D eigenvalue weighted by atomic mass is 16.5. The Hall–Kier alpha value is -1.91. The molecule has 2 fully saturated rings. The Kier molecular flexibility index (Phi) is 5.74. The Morgan fingerprint density at radius 3 is 2.44 bits per heavy atom. The van der Waals surface area contributed by atoms with E-state index >= 15 is 0 Å². The molecular weight excluding hydrogens is 334 g/mol. The van der Waals surface area contributed by atoms with Crippen LogP contribution in [0.3, 0.4) is 0 Å². The monoisotopic (exact) mass is 365 g/mol. The van der Waals surface area contributed by atoms with Gasteiger partial charge in [-0.25, -0.2) is 0 Å². The van der Waals surface area contributed by atoms with Gasteiger partial charge in [0.15, 0.2) is 0 Å². The van der Waals surface area contributed by atoms with Crippen LogP contribution in [0.5, 0.6) is 5.75 Å². The standard InChI is InChI=1S/C23H31N3O/c1-17-13-19(15-25-20-8-11-26(12-9-20)22-6-7-22)14-18(2)23(17)27-16-21-5-3-4-10-24-21/h3-5,10,13-14,20,22,25H,6-9,11-12,15-16H2,1-2H3. The Labute approximate surface area is 162 Å². The fourth-order valence-corrected chi connectivity index (χ4v) is 4.17. The number of piperidine rings is 1. The molecule has 1 N–H and O–H groups in total. The molecule has 2 heterocycles. The predicted octanol–water partition coefficient (Wildman–Crippen LogP) is 3.99. The second kappa shape index (κ2) is 8.41. The fraction of sp³-hybridized carbons (Fsp3) is 0.522. The molecule has 1 aromatic carbocycles. The van der Waals surface area contributed by atoms with Gasteiger partial charge in [-0.3, -0.25) is 4.98 Å². The lowest BCUT2D eigenvalue weighted by Crippen LogP contribution is -2.43. The molecule has 1 aliphatic heterocycles. The normalized spacial score (nSPS) is 18.6. The number of benzene rings is 1. The topological polar surface area (TPSA) is 37.4 Å². The molecule has 144 valence electrons. The van der Waals surface area contributed by atoms with Crippen molar-refractivity contribution >= 4 is 0 Å². The van der Waals surface area contributed by atoms with Gasteiger partial charge >= 0.3 is 0 Å². The summed E-state index contributed by atoms with van der Waals surface area (Å²) in [6.45, 7) is 8.26. The average molecular weight is 366 g/mol. The predicted molar refractivity (Wildman–Crippen MR) is 109 cm³/mol. The molecule has 0 unspecified atom stereocenters. The van der Waals surface area contributed by atoms with Crippen LogP contribution < -0.4 is 10.1 Å². The van der Waals surface area contributed by atoms with Crippen molar-refractivity contribution in [3.63, 3.8) is 0 Å². The van der Waals surface area contributed by atoms with Crippen molar-refractivity contribution in [3.05, 3.63) is 58.9 Å². The molecule has 0 amide bonds. The lowest BCUT2D eigenvalue weighted by atomic mass is 10.0. The van der Waals surface area contributed by atoms with Crippen LogP contribution in [0.1, 0.15) is 48.1 Å². The van der Waals surface area contributed by atoms with Gasteiger partial charge in [-0.1, -0.05) is 18.2 Å². The van der Waals surface area contributed by atoms with Crippen LogP contribution in [0.4, 0.5) is 0 Å². The number of pyridine rings is 1. The van der Waals surface area contributed by atoms with Crippen molar-refractivity contribution in [3.8, 4) is 5.75 Å². The summed E-state index contributed by atoms with van der Waals surface area (Å²) in [5.74, 6) is 0.988. The molecule has 1 saturated heterocycles. The lowest BCUT2D eigenvalue weighted by Gasteiger charge is -2.32. The van der Waals surface area contributed by atoms with Crippen LogP contribution >= 0.6 is 0 Å². The summed E-state index contributed by atoms with van der Waals surface area (Å²) < 4.78 is 6.05. The quantitative estimate of drug-likeness (QED) is 0.805. The highest BCUT2D eigenvalue weighted by molar-refractivity contribution is 5.43. The summed E-state index contributed by atoms with van der Waals surface area (Å²) in [5.41, 5.74) is 4.71. The van der Waals surface area contributed by atoms with Gasteiger partial charge in [0.25, 0.3) is 0 Å². The Bertz CT molecular complexity index is 726. The van der Waals surface area contributed by atoms with Crippen LogP contribution in [0, 0.1) is 13.8 Å². The minimum Gasteiger partial charge on any atom is -0.487 e. The first-order chi connectivity index (χ1) is 13.2. The van der Waals surface area contributed by atoms with Gasteiger partial charge in [0, 0.05) is 24.8 Å². The summed E-state index contributed by atoms with van der Waals surface area (Å²) >= 11 is 0. The van der Waals surface area contributed by atoms with Crippen molar-refractivity contribution in [1.29, 1.82) is 0 Å². The van der Waals surface area contributed by atoms with E-state index in [0.717, 1.165) is 24.0 Å². The molecule has 27 heavy (non-hydrogen) atoms. The first-order valence-electron chi connectivity index (χ1n) is 10.3. The van der Waals surface area contributed by atoms with E-state index in [1.807, 2.05) is 24.4 Å². The van der Waals surface area contributed by atoms with Gasteiger partial charge < -0.3 is 15.0 Å². The van der Waals surface area contributed by atoms with Crippen LogP contribution in [0.15, 0.2) is 36.5 Å². The summed E-state index contributed by atoms with van der Waals surface area (Å²) in [6.07, 6.45) is 7.21. The second-order valence-electron chi connectivity index (χ2n) is 8.09.